The van der Waals surface area contributed by atoms with Gasteiger partial charge in [0, 0.05) is 24.7 Å². The maximum atomic E-state index is 12.7. The summed E-state index contributed by atoms with van der Waals surface area (Å²) in [7, 11) is -3.47. The Labute approximate surface area is 126 Å². The van der Waals surface area contributed by atoms with Gasteiger partial charge in [-0.25, -0.2) is 8.42 Å². The highest BCUT2D eigenvalue weighted by Crippen LogP contribution is 2.31. The van der Waals surface area contributed by atoms with Crippen LogP contribution in [0.4, 0.5) is 0 Å². The van der Waals surface area contributed by atoms with Crippen molar-refractivity contribution < 1.29 is 8.42 Å². The van der Waals surface area contributed by atoms with Gasteiger partial charge in [0.25, 0.3) is 0 Å². The van der Waals surface area contributed by atoms with E-state index in [0.717, 1.165) is 6.42 Å². The molecule has 20 heavy (non-hydrogen) atoms. The molecule has 5 nitrogen and oxygen atoms in total. The van der Waals surface area contributed by atoms with Gasteiger partial charge in [-0.15, -0.1) is 11.6 Å². The van der Waals surface area contributed by atoms with E-state index >= 15 is 0 Å². The summed E-state index contributed by atoms with van der Waals surface area (Å²) in [5.74, 6) is 1.16. The van der Waals surface area contributed by atoms with Gasteiger partial charge in [-0.1, -0.05) is 13.8 Å². The topological polar surface area (TPSA) is 55.2 Å². The summed E-state index contributed by atoms with van der Waals surface area (Å²) < 4.78 is 28.7. The number of halogens is 1. The lowest BCUT2D eigenvalue weighted by Crippen LogP contribution is -2.48. The Kier molecular flexibility index (Phi) is 4.76. The van der Waals surface area contributed by atoms with E-state index in [0.29, 0.717) is 30.8 Å². The molecule has 0 spiro atoms. The maximum Gasteiger partial charge on any atom is 0.246 e. The molecule has 0 radical (unpaired) electrons. The van der Waals surface area contributed by atoms with Crippen LogP contribution in [0.2, 0.25) is 0 Å². The monoisotopic (exact) mass is 319 g/mol. The number of piperidine rings is 1. The molecule has 0 N–H and O–H groups in total. The lowest BCUT2D eigenvalue weighted by molar-refractivity contribution is 0.157. The van der Waals surface area contributed by atoms with Gasteiger partial charge >= 0.3 is 0 Å². The fourth-order valence-electron chi connectivity index (χ4n) is 2.80. The van der Waals surface area contributed by atoms with Crippen LogP contribution in [0.1, 0.15) is 27.2 Å². The van der Waals surface area contributed by atoms with Gasteiger partial charge < -0.3 is 0 Å². The van der Waals surface area contributed by atoms with Crippen LogP contribution in [0.25, 0.3) is 0 Å². The molecule has 1 aromatic heterocycles. The van der Waals surface area contributed by atoms with Crippen LogP contribution in [0.15, 0.2) is 17.3 Å². The Hall–Kier alpha value is -0.590. The van der Waals surface area contributed by atoms with Crippen LogP contribution in [0.5, 0.6) is 0 Å². The summed E-state index contributed by atoms with van der Waals surface area (Å²) >= 11 is 5.65. The quantitative estimate of drug-likeness (QED) is 0.799. The summed E-state index contributed by atoms with van der Waals surface area (Å²) in [6, 6.07) is 0.0209. The molecule has 114 valence electrons. The first-order valence-electron chi connectivity index (χ1n) is 6.96. The summed E-state index contributed by atoms with van der Waals surface area (Å²) in [5.41, 5.74) is 0. The molecule has 0 aromatic carbocycles. The smallest absolute Gasteiger partial charge is 0.246 e. The van der Waals surface area contributed by atoms with E-state index < -0.39 is 10.0 Å². The van der Waals surface area contributed by atoms with Crippen molar-refractivity contribution in [3.8, 4) is 0 Å². The molecule has 3 atom stereocenters. The van der Waals surface area contributed by atoms with Crippen molar-refractivity contribution in [1.82, 2.24) is 14.1 Å². The number of rotatable bonds is 4. The predicted octanol–water partition coefficient (Wildman–Crippen LogP) is 2.18. The average Bonchev–Trinajstić information content (AvgIpc) is 2.83. The standard InChI is InChI=1S/C13H22ClN3O2S/c1-10-6-11(2)12(3)17(8-10)20(18,19)13-7-15-16(9-13)5-4-14/h7,9-12H,4-6,8H2,1-3H3. The number of alkyl halides is 1. The van der Waals surface area contributed by atoms with Crippen molar-refractivity contribution >= 4 is 21.6 Å². The number of nitrogens with zero attached hydrogens (tertiary/aromatic N) is 3. The molecule has 0 aliphatic carbocycles. The van der Waals surface area contributed by atoms with Gasteiger partial charge in [0.05, 0.1) is 12.7 Å². The summed E-state index contributed by atoms with van der Waals surface area (Å²) in [5, 5.41) is 4.06. The van der Waals surface area contributed by atoms with E-state index in [1.54, 1.807) is 15.2 Å². The zero-order valence-electron chi connectivity index (χ0n) is 12.2. The van der Waals surface area contributed by atoms with E-state index in [-0.39, 0.29) is 10.9 Å². The van der Waals surface area contributed by atoms with E-state index in [4.69, 9.17) is 11.6 Å². The Morgan fingerprint density at radius 2 is 2.10 bits per heavy atom. The molecule has 1 aliphatic heterocycles. The number of hydrogen-bond acceptors (Lipinski definition) is 3. The normalized spacial score (nSPS) is 28.7. The van der Waals surface area contributed by atoms with Crippen LogP contribution < -0.4 is 0 Å². The van der Waals surface area contributed by atoms with Crippen LogP contribution in [-0.4, -0.2) is 41.0 Å². The third-order valence-electron chi connectivity index (χ3n) is 4.07. The molecule has 1 aliphatic rings. The molecule has 0 amide bonds. The van der Waals surface area contributed by atoms with Crippen molar-refractivity contribution in [2.75, 3.05) is 12.4 Å². The molecule has 2 heterocycles. The highest BCUT2D eigenvalue weighted by Gasteiger charge is 2.37. The Bertz CT molecular complexity index is 558. The summed E-state index contributed by atoms with van der Waals surface area (Å²) in [6.07, 6.45) is 4.05. The molecular weight excluding hydrogens is 298 g/mol. The summed E-state index contributed by atoms with van der Waals surface area (Å²) in [6.45, 7) is 7.28. The first-order valence-corrected chi connectivity index (χ1v) is 8.94. The fraction of sp³-hybridized carbons (Fsp3) is 0.769. The largest absolute Gasteiger partial charge is 0.270 e. The number of aromatic nitrogens is 2. The Morgan fingerprint density at radius 3 is 2.75 bits per heavy atom. The predicted molar refractivity (Wildman–Crippen MR) is 79.2 cm³/mol. The van der Waals surface area contributed by atoms with Crippen LogP contribution in [0.3, 0.4) is 0 Å². The molecule has 3 unspecified atom stereocenters. The SMILES string of the molecule is CC1CC(C)C(C)N(S(=O)(=O)c2cnn(CCCl)c2)C1. The molecular formula is C13H22ClN3O2S. The number of aryl methyl sites for hydroxylation is 1. The van der Waals surface area contributed by atoms with Crippen molar-refractivity contribution in [1.29, 1.82) is 0 Å². The third-order valence-corrected chi connectivity index (χ3v) is 6.15. The summed E-state index contributed by atoms with van der Waals surface area (Å²) in [4.78, 5) is 0.260. The van der Waals surface area contributed by atoms with Crippen LogP contribution in [-0.2, 0) is 16.6 Å². The fourth-order valence-corrected chi connectivity index (χ4v) is 4.78. The molecule has 1 fully saturated rings. The average molecular weight is 320 g/mol. The molecule has 2 rings (SSSR count). The lowest BCUT2D eigenvalue weighted by atomic mass is 9.88. The van der Waals surface area contributed by atoms with Gasteiger partial charge in [-0.05, 0) is 25.2 Å². The van der Waals surface area contributed by atoms with Gasteiger partial charge in [0.1, 0.15) is 4.90 Å². The van der Waals surface area contributed by atoms with Crippen LogP contribution in [0, 0.1) is 11.8 Å². The number of sulfonamides is 1. The van der Waals surface area contributed by atoms with Crippen LogP contribution >= 0.6 is 11.6 Å². The van der Waals surface area contributed by atoms with Gasteiger partial charge in [0.2, 0.25) is 10.0 Å². The van der Waals surface area contributed by atoms with E-state index in [1.807, 2.05) is 6.92 Å². The zero-order valence-corrected chi connectivity index (χ0v) is 13.7. The van der Waals surface area contributed by atoms with E-state index in [9.17, 15) is 8.42 Å². The van der Waals surface area contributed by atoms with Crippen molar-refractivity contribution in [2.24, 2.45) is 11.8 Å². The lowest BCUT2D eigenvalue weighted by Gasteiger charge is -2.39. The van der Waals surface area contributed by atoms with Gasteiger partial charge in [-0.3, -0.25) is 4.68 Å². The minimum Gasteiger partial charge on any atom is -0.270 e. The first kappa shape index (κ1) is 15.8. The zero-order chi connectivity index (χ0) is 14.9. The minimum atomic E-state index is -3.47. The van der Waals surface area contributed by atoms with E-state index in [1.165, 1.54) is 6.20 Å². The first-order chi connectivity index (χ1) is 9.36. The molecule has 7 heteroatoms. The molecule has 1 aromatic rings. The molecule has 0 bridgehead atoms. The Balaban J connectivity index is 2.28. The second-order valence-corrected chi connectivity index (χ2v) is 8.03. The van der Waals surface area contributed by atoms with Crippen molar-refractivity contribution in [3.63, 3.8) is 0 Å². The minimum absolute atomic E-state index is 0.0209. The van der Waals surface area contributed by atoms with Crippen molar-refractivity contribution in [2.45, 2.75) is 44.7 Å². The molecule has 1 saturated heterocycles. The van der Waals surface area contributed by atoms with Gasteiger partial charge in [-0.2, -0.15) is 9.40 Å². The highest BCUT2D eigenvalue weighted by molar-refractivity contribution is 7.89. The second kappa shape index (κ2) is 6.03. The Morgan fingerprint density at radius 1 is 1.40 bits per heavy atom. The second-order valence-electron chi connectivity index (χ2n) is 5.76. The molecule has 0 saturated carbocycles. The third kappa shape index (κ3) is 3.02. The maximum absolute atomic E-state index is 12.7. The van der Waals surface area contributed by atoms with Crippen molar-refractivity contribution in [3.05, 3.63) is 12.4 Å². The van der Waals surface area contributed by atoms with E-state index in [2.05, 4.69) is 18.9 Å². The highest BCUT2D eigenvalue weighted by atomic mass is 35.5. The van der Waals surface area contributed by atoms with Gasteiger partial charge in [0.15, 0.2) is 0 Å². The number of hydrogen-bond donors (Lipinski definition) is 0.